The number of nitrogens with zero attached hydrogens (tertiary/aromatic N) is 4. The Labute approximate surface area is 230 Å². The summed E-state index contributed by atoms with van der Waals surface area (Å²) in [5.74, 6) is 0.700. The molecule has 0 aliphatic carbocycles. The Morgan fingerprint density at radius 3 is 1.97 bits per heavy atom. The van der Waals surface area contributed by atoms with Crippen molar-refractivity contribution in [2.45, 2.75) is 0 Å². The highest BCUT2D eigenvalue weighted by molar-refractivity contribution is 9.10. The van der Waals surface area contributed by atoms with E-state index in [0.717, 1.165) is 55.3 Å². The van der Waals surface area contributed by atoms with Crippen molar-refractivity contribution in [3.63, 3.8) is 0 Å². The van der Waals surface area contributed by atoms with Crippen LogP contribution in [0.25, 0.3) is 33.9 Å². The van der Waals surface area contributed by atoms with Gasteiger partial charge in [-0.1, -0.05) is 95.3 Å². The normalized spacial score (nSPS) is 13.5. The minimum absolute atomic E-state index is 0.700. The predicted molar refractivity (Wildman–Crippen MR) is 161 cm³/mol. The summed E-state index contributed by atoms with van der Waals surface area (Å²) in [5.41, 5.74) is 8.47. The Balaban J connectivity index is 1.43. The minimum Gasteiger partial charge on any atom is -0.309 e. The molecule has 0 saturated carbocycles. The van der Waals surface area contributed by atoms with E-state index in [1.165, 1.54) is 0 Å². The average molecular weight is 555 g/mol. The first-order valence-electron chi connectivity index (χ1n) is 12.3. The molecule has 5 heteroatoms. The second-order valence-electron chi connectivity index (χ2n) is 8.84. The molecule has 0 N–H and O–H groups in total. The van der Waals surface area contributed by atoms with Crippen molar-refractivity contribution < 1.29 is 0 Å². The number of aliphatic imine (C=N–C) groups is 1. The molecule has 1 aliphatic rings. The molecule has 4 nitrogen and oxygen atoms in total. The first kappa shape index (κ1) is 23.8. The zero-order valence-electron chi connectivity index (χ0n) is 20.5. The monoisotopic (exact) mass is 554 g/mol. The van der Waals surface area contributed by atoms with Crippen LogP contribution in [0.1, 0.15) is 0 Å². The van der Waals surface area contributed by atoms with Crippen molar-refractivity contribution >= 4 is 39.2 Å². The van der Waals surface area contributed by atoms with Gasteiger partial charge in [0.05, 0.1) is 22.8 Å². The molecule has 0 bridgehead atoms. The van der Waals surface area contributed by atoms with Gasteiger partial charge in [-0.2, -0.15) is 0 Å². The zero-order chi connectivity index (χ0) is 25.9. The van der Waals surface area contributed by atoms with Crippen LogP contribution in [0.4, 0.5) is 17.1 Å². The highest BCUT2D eigenvalue weighted by Crippen LogP contribution is 2.40. The number of hydrogen-bond donors (Lipinski definition) is 0. The first-order valence-corrected chi connectivity index (χ1v) is 13.0. The van der Waals surface area contributed by atoms with E-state index in [1.54, 1.807) is 6.21 Å². The van der Waals surface area contributed by atoms with Crippen LogP contribution in [0.3, 0.4) is 0 Å². The summed E-state index contributed by atoms with van der Waals surface area (Å²) in [6, 6.07) is 36.8. The van der Waals surface area contributed by atoms with Gasteiger partial charge in [0.1, 0.15) is 0 Å². The quantitative estimate of drug-likeness (QED) is 0.222. The molecule has 38 heavy (non-hydrogen) atoms. The highest BCUT2D eigenvalue weighted by Gasteiger charge is 2.17. The van der Waals surface area contributed by atoms with Gasteiger partial charge in [0.2, 0.25) is 0 Å². The van der Waals surface area contributed by atoms with Crippen molar-refractivity contribution in [3.05, 3.63) is 138 Å². The fraction of sp³-hybridized carbons (Fsp3) is 0. The number of benzene rings is 4. The Bertz CT molecular complexity index is 1620. The Morgan fingerprint density at radius 1 is 0.658 bits per heavy atom. The van der Waals surface area contributed by atoms with Gasteiger partial charge in [-0.15, -0.1) is 0 Å². The fourth-order valence-corrected chi connectivity index (χ4v) is 4.80. The van der Waals surface area contributed by atoms with Crippen LogP contribution < -0.4 is 4.90 Å². The number of allylic oxidation sites excluding steroid dienone is 2. The summed E-state index contributed by atoms with van der Waals surface area (Å²) < 4.78 is 0.978. The number of fused-ring (bicyclic) bond motifs is 1. The lowest BCUT2D eigenvalue weighted by molar-refractivity contribution is 1.18. The van der Waals surface area contributed by atoms with E-state index >= 15 is 0 Å². The molecule has 2 heterocycles. The van der Waals surface area contributed by atoms with Gasteiger partial charge in [0, 0.05) is 38.8 Å². The van der Waals surface area contributed by atoms with Crippen LogP contribution in [-0.4, -0.2) is 16.2 Å². The van der Waals surface area contributed by atoms with E-state index in [4.69, 9.17) is 9.97 Å². The summed E-state index contributed by atoms with van der Waals surface area (Å²) in [5, 5.41) is 0. The van der Waals surface area contributed by atoms with Crippen LogP contribution in [0.15, 0.2) is 143 Å². The molecule has 1 aromatic heterocycles. The molecular formula is C33H23BrN4. The number of aromatic nitrogens is 2. The largest absolute Gasteiger partial charge is 0.309 e. The highest BCUT2D eigenvalue weighted by atomic mass is 79.9. The van der Waals surface area contributed by atoms with Gasteiger partial charge in [-0.05, 0) is 48.6 Å². The Morgan fingerprint density at radius 2 is 1.29 bits per heavy atom. The molecule has 6 rings (SSSR count). The Kier molecular flexibility index (Phi) is 6.51. The standard InChI is InChI=1S/C33H23BrN4/c1-23-9-8-20-35-31-21-27(34)16-19-32(31)38(23)28-17-14-25(15-18-28)30-22-29(24-10-4-2-5-11-24)36-33(37-30)26-12-6-3-7-13-26/h2-22H,1H2/b9-8-,35-20?. The predicted octanol–water partition coefficient (Wildman–Crippen LogP) is 9.16. The molecule has 0 fully saturated rings. The lowest BCUT2D eigenvalue weighted by Crippen LogP contribution is -2.15. The van der Waals surface area contributed by atoms with Gasteiger partial charge in [-0.25, -0.2) is 9.97 Å². The molecule has 182 valence electrons. The SMILES string of the molecule is C=C1/C=C\C=Nc2cc(Br)ccc2N1c1ccc(-c2cc(-c3ccccc3)nc(-c3ccccc3)n2)cc1. The summed E-state index contributed by atoms with van der Waals surface area (Å²) in [4.78, 5) is 16.6. The van der Waals surface area contributed by atoms with E-state index in [-0.39, 0.29) is 0 Å². The van der Waals surface area contributed by atoms with Crippen LogP contribution in [-0.2, 0) is 0 Å². The lowest BCUT2D eigenvalue weighted by Gasteiger charge is -2.27. The maximum absolute atomic E-state index is 4.95. The molecule has 0 unspecified atom stereocenters. The summed E-state index contributed by atoms with van der Waals surface area (Å²) in [6.07, 6.45) is 5.66. The first-order chi connectivity index (χ1) is 18.7. The van der Waals surface area contributed by atoms with Crippen LogP contribution in [0.2, 0.25) is 0 Å². The topological polar surface area (TPSA) is 41.4 Å². The third-order valence-corrected chi connectivity index (χ3v) is 6.80. The molecule has 0 spiro atoms. The second-order valence-corrected chi connectivity index (χ2v) is 9.75. The lowest BCUT2D eigenvalue weighted by atomic mass is 10.1. The molecule has 5 aromatic rings. The van der Waals surface area contributed by atoms with Crippen LogP contribution in [0, 0.1) is 0 Å². The molecule has 1 aliphatic heterocycles. The van der Waals surface area contributed by atoms with Crippen LogP contribution >= 0.6 is 15.9 Å². The van der Waals surface area contributed by atoms with Crippen molar-refractivity contribution in [2.75, 3.05) is 4.90 Å². The summed E-state index contributed by atoms with van der Waals surface area (Å²) in [6.45, 7) is 4.31. The maximum atomic E-state index is 4.95. The Hall–Kier alpha value is -4.61. The smallest absolute Gasteiger partial charge is 0.160 e. The van der Waals surface area contributed by atoms with E-state index in [1.807, 2.05) is 72.8 Å². The van der Waals surface area contributed by atoms with E-state index in [0.29, 0.717) is 5.82 Å². The van der Waals surface area contributed by atoms with E-state index in [2.05, 4.69) is 80.9 Å². The number of hydrogen-bond acceptors (Lipinski definition) is 4. The molecular weight excluding hydrogens is 532 g/mol. The number of rotatable bonds is 4. The van der Waals surface area contributed by atoms with E-state index < -0.39 is 0 Å². The third kappa shape index (κ3) is 4.84. The second kappa shape index (κ2) is 10.4. The van der Waals surface area contributed by atoms with Gasteiger partial charge in [0.15, 0.2) is 5.82 Å². The molecule has 4 aromatic carbocycles. The van der Waals surface area contributed by atoms with Crippen molar-refractivity contribution in [2.24, 2.45) is 4.99 Å². The fourth-order valence-electron chi connectivity index (χ4n) is 4.45. The van der Waals surface area contributed by atoms with Crippen molar-refractivity contribution in [1.82, 2.24) is 9.97 Å². The third-order valence-electron chi connectivity index (χ3n) is 6.30. The zero-order valence-corrected chi connectivity index (χ0v) is 22.1. The van der Waals surface area contributed by atoms with Gasteiger partial charge in [-0.3, -0.25) is 4.99 Å². The average Bonchev–Trinajstić information content (AvgIpc) is 2.96. The number of anilines is 2. The van der Waals surface area contributed by atoms with Crippen molar-refractivity contribution in [3.8, 4) is 33.9 Å². The molecule has 0 atom stereocenters. The van der Waals surface area contributed by atoms with Gasteiger partial charge >= 0.3 is 0 Å². The number of halogens is 1. The minimum atomic E-state index is 0.700. The molecule has 0 amide bonds. The van der Waals surface area contributed by atoms with Crippen molar-refractivity contribution in [1.29, 1.82) is 0 Å². The molecule has 0 radical (unpaired) electrons. The van der Waals surface area contributed by atoms with E-state index in [9.17, 15) is 0 Å². The summed E-state index contributed by atoms with van der Waals surface area (Å²) in [7, 11) is 0. The van der Waals surface area contributed by atoms with Gasteiger partial charge < -0.3 is 4.90 Å². The van der Waals surface area contributed by atoms with Crippen LogP contribution in [0.5, 0.6) is 0 Å². The van der Waals surface area contributed by atoms with Gasteiger partial charge in [0.25, 0.3) is 0 Å². The summed E-state index contributed by atoms with van der Waals surface area (Å²) >= 11 is 3.56. The maximum Gasteiger partial charge on any atom is 0.160 e. The molecule has 0 saturated heterocycles.